The molecule has 0 amide bonds. The molecule has 0 heterocycles. The Bertz CT molecular complexity index is 448. The highest BCUT2D eigenvalue weighted by molar-refractivity contribution is 6.31. The first kappa shape index (κ1) is 14.8. The van der Waals surface area contributed by atoms with E-state index in [9.17, 15) is 18.0 Å². The van der Waals surface area contributed by atoms with E-state index in [1.54, 1.807) is 0 Å². The Kier molecular flexibility index (Phi) is 4.59. The molecule has 1 atom stereocenters. The maximum Gasteiger partial charge on any atom is 0.417 e. The monoisotopic (exact) mass is 281 g/mol. The Hall–Kier alpha value is -1.27. The molecule has 1 rings (SSSR count). The van der Waals surface area contributed by atoms with Crippen molar-refractivity contribution >= 4 is 17.6 Å². The van der Waals surface area contributed by atoms with Crippen LogP contribution in [0.2, 0.25) is 5.02 Å². The predicted octanol–water partition coefficient (Wildman–Crippen LogP) is 2.70. The smallest absolute Gasteiger partial charge is 0.417 e. The SMILES string of the molecule is NC(CCc1ccc(C(F)(F)F)c(Cl)c1)C(=O)O. The summed E-state index contributed by atoms with van der Waals surface area (Å²) in [7, 11) is 0. The minimum atomic E-state index is -4.49. The van der Waals surface area contributed by atoms with Gasteiger partial charge in [-0.15, -0.1) is 0 Å². The first-order valence-electron chi connectivity index (χ1n) is 5.06. The Morgan fingerprint density at radius 1 is 1.44 bits per heavy atom. The van der Waals surface area contributed by atoms with E-state index < -0.39 is 28.8 Å². The van der Waals surface area contributed by atoms with Gasteiger partial charge in [-0.3, -0.25) is 4.79 Å². The Morgan fingerprint density at radius 3 is 2.50 bits per heavy atom. The third-order valence-corrected chi connectivity index (χ3v) is 2.71. The molecule has 3 nitrogen and oxygen atoms in total. The zero-order valence-electron chi connectivity index (χ0n) is 9.17. The molecule has 1 aromatic rings. The fourth-order valence-electron chi connectivity index (χ4n) is 1.39. The molecule has 1 aromatic carbocycles. The van der Waals surface area contributed by atoms with Crippen molar-refractivity contribution in [2.24, 2.45) is 5.73 Å². The molecule has 0 aromatic heterocycles. The summed E-state index contributed by atoms with van der Waals surface area (Å²) in [4.78, 5) is 10.5. The molecule has 0 aliphatic rings. The van der Waals surface area contributed by atoms with Crippen LogP contribution < -0.4 is 5.73 Å². The average Bonchev–Trinajstić information content (AvgIpc) is 2.23. The van der Waals surface area contributed by atoms with Crippen molar-refractivity contribution in [2.75, 3.05) is 0 Å². The summed E-state index contributed by atoms with van der Waals surface area (Å²) in [5.41, 5.74) is 4.90. The van der Waals surface area contributed by atoms with Crippen molar-refractivity contribution in [2.45, 2.75) is 25.1 Å². The van der Waals surface area contributed by atoms with Crippen LogP contribution in [0.1, 0.15) is 17.5 Å². The van der Waals surface area contributed by atoms with E-state index in [0.717, 1.165) is 6.07 Å². The summed E-state index contributed by atoms with van der Waals surface area (Å²) < 4.78 is 37.3. The van der Waals surface area contributed by atoms with Crippen LogP contribution in [-0.4, -0.2) is 17.1 Å². The molecule has 7 heteroatoms. The first-order chi connectivity index (χ1) is 8.21. The minimum Gasteiger partial charge on any atom is -0.480 e. The van der Waals surface area contributed by atoms with Crippen LogP contribution in [0, 0.1) is 0 Å². The van der Waals surface area contributed by atoms with E-state index in [-0.39, 0.29) is 12.8 Å². The molecule has 100 valence electrons. The number of rotatable bonds is 4. The van der Waals surface area contributed by atoms with Gasteiger partial charge in [0.15, 0.2) is 0 Å². The van der Waals surface area contributed by atoms with Gasteiger partial charge in [-0.25, -0.2) is 0 Å². The quantitative estimate of drug-likeness (QED) is 0.892. The van der Waals surface area contributed by atoms with Crippen molar-refractivity contribution in [1.29, 1.82) is 0 Å². The van der Waals surface area contributed by atoms with Gasteiger partial charge < -0.3 is 10.8 Å². The van der Waals surface area contributed by atoms with Crippen molar-refractivity contribution in [1.82, 2.24) is 0 Å². The fourth-order valence-corrected chi connectivity index (χ4v) is 1.70. The third kappa shape index (κ3) is 3.89. The fraction of sp³-hybridized carbons (Fsp3) is 0.364. The van der Waals surface area contributed by atoms with Gasteiger partial charge in [0, 0.05) is 0 Å². The third-order valence-electron chi connectivity index (χ3n) is 2.40. The second kappa shape index (κ2) is 5.58. The van der Waals surface area contributed by atoms with Gasteiger partial charge in [-0.2, -0.15) is 13.2 Å². The highest BCUT2D eigenvalue weighted by Gasteiger charge is 2.32. The highest BCUT2D eigenvalue weighted by atomic mass is 35.5. The van der Waals surface area contributed by atoms with E-state index >= 15 is 0 Å². The van der Waals surface area contributed by atoms with Gasteiger partial charge in [0.05, 0.1) is 10.6 Å². The van der Waals surface area contributed by atoms with E-state index in [1.165, 1.54) is 12.1 Å². The van der Waals surface area contributed by atoms with Crippen molar-refractivity contribution in [3.8, 4) is 0 Å². The number of hydrogen-bond acceptors (Lipinski definition) is 2. The van der Waals surface area contributed by atoms with Gasteiger partial charge in [-0.05, 0) is 30.5 Å². The molecule has 3 N–H and O–H groups in total. The minimum absolute atomic E-state index is 0.136. The number of carbonyl (C=O) groups is 1. The Morgan fingerprint density at radius 2 is 2.06 bits per heavy atom. The summed E-state index contributed by atoms with van der Waals surface area (Å²) in [6, 6.07) is 2.29. The standard InChI is InChI=1S/C11H11ClF3NO2/c12-8-5-6(2-4-9(16)10(17)18)1-3-7(8)11(13,14)15/h1,3,5,9H,2,4,16H2,(H,17,18). The van der Waals surface area contributed by atoms with Crippen LogP contribution in [0.25, 0.3) is 0 Å². The van der Waals surface area contributed by atoms with Crippen molar-refractivity contribution in [3.05, 3.63) is 34.3 Å². The second-order valence-electron chi connectivity index (χ2n) is 3.80. The summed E-state index contributed by atoms with van der Waals surface area (Å²) in [5, 5.41) is 8.17. The van der Waals surface area contributed by atoms with Gasteiger partial charge in [-0.1, -0.05) is 17.7 Å². The molecule has 1 unspecified atom stereocenters. The largest absolute Gasteiger partial charge is 0.480 e. The van der Waals surface area contributed by atoms with E-state index in [0.29, 0.717) is 5.56 Å². The van der Waals surface area contributed by atoms with E-state index in [2.05, 4.69) is 0 Å². The molecule has 18 heavy (non-hydrogen) atoms. The number of nitrogens with two attached hydrogens (primary N) is 1. The van der Waals surface area contributed by atoms with Gasteiger partial charge in [0.2, 0.25) is 0 Å². The zero-order chi connectivity index (χ0) is 13.9. The lowest BCUT2D eigenvalue weighted by molar-refractivity contribution is -0.139. The van der Waals surface area contributed by atoms with Gasteiger partial charge in [0.25, 0.3) is 0 Å². The molecule has 0 saturated heterocycles. The zero-order valence-corrected chi connectivity index (χ0v) is 9.92. The number of aryl methyl sites for hydroxylation is 1. The first-order valence-corrected chi connectivity index (χ1v) is 5.43. The summed E-state index contributed by atoms with van der Waals surface area (Å²) in [6.45, 7) is 0. The average molecular weight is 282 g/mol. The lowest BCUT2D eigenvalue weighted by atomic mass is 10.0. The highest BCUT2D eigenvalue weighted by Crippen LogP contribution is 2.35. The molecular weight excluding hydrogens is 271 g/mol. The number of alkyl halides is 3. The molecule has 0 bridgehead atoms. The van der Waals surface area contributed by atoms with Crippen LogP contribution in [-0.2, 0) is 17.4 Å². The lowest BCUT2D eigenvalue weighted by Crippen LogP contribution is -2.30. The van der Waals surface area contributed by atoms with Gasteiger partial charge >= 0.3 is 12.1 Å². The number of aliphatic carboxylic acids is 1. The molecule has 0 spiro atoms. The van der Waals surface area contributed by atoms with Crippen LogP contribution in [0.3, 0.4) is 0 Å². The van der Waals surface area contributed by atoms with Crippen molar-refractivity contribution < 1.29 is 23.1 Å². The Balaban J connectivity index is 2.77. The maximum absolute atomic E-state index is 12.4. The van der Waals surface area contributed by atoms with Crippen molar-refractivity contribution in [3.63, 3.8) is 0 Å². The number of carboxylic acid groups (broad SMARTS) is 1. The normalized spacial score (nSPS) is 13.4. The molecule has 0 aliphatic heterocycles. The number of carboxylic acids is 1. The molecule has 0 aliphatic carbocycles. The van der Waals surface area contributed by atoms with E-state index in [4.69, 9.17) is 22.4 Å². The van der Waals surface area contributed by atoms with E-state index in [1.807, 2.05) is 0 Å². The maximum atomic E-state index is 12.4. The summed E-state index contributed by atoms with van der Waals surface area (Å²) in [5.74, 6) is -1.15. The van der Waals surface area contributed by atoms with Crippen LogP contribution >= 0.6 is 11.6 Å². The molecule has 0 fully saturated rings. The molecular formula is C11H11ClF3NO2. The van der Waals surface area contributed by atoms with Crippen LogP contribution in [0.4, 0.5) is 13.2 Å². The summed E-state index contributed by atoms with van der Waals surface area (Å²) >= 11 is 5.52. The van der Waals surface area contributed by atoms with Crippen LogP contribution in [0.15, 0.2) is 18.2 Å². The second-order valence-corrected chi connectivity index (χ2v) is 4.20. The topological polar surface area (TPSA) is 63.3 Å². The number of halogens is 4. The predicted molar refractivity (Wildman–Crippen MR) is 60.4 cm³/mol. The Labute approximate surface area is 106 Å². The van der Waals surface area contributed by atoms with Crippen LogP contribution in [0.5, 0.6) is 0 Å². The van der Waals surface area contributed by atoms with Gasteiger partial charge in [0.1, 0.15) is 6.04 Å². The molecule has 0 saturated carbocycles. The summed E-state index contributed by atoms with van der Waals surface area (Å²) in [6.07, 6.45) is -4.10. The number of benzene rings is 1. The number of hydrogen-bond donors (Lipinski definition) is 2. The lowest BCUT2D eigenvalue weighted by Gasteiger charge is -2.11. The molecule has 0 radical (unpaired) electrons.